The van der Waals surface area contributed by atoms with Crippen LogP contribution in [0.15, 0.2) is 41.8 Å². The third-order valence-electron chi connectivity index (χ3n) is 4.62. The number of alkyl halides is 3. The average molecular weight is 498 g/mol. The van der Waals surface area contributed by atoms with Gasteiger partial charge in [-0.2, -0.15) is 13.2 Å². The summed E-state index contributed by atoms with van der Waals surface area (Å²) in [4.78, 5) is 28.7. The summed E-state index contributed by atoms with van der Waals surface area (Å²) in [5, 5.41) is 16.7. The first kappa shape index (κ1) is 24.7. The lowest BCUT2D eigenvalue weighted by molar-refractivity contribution is -0.137. The summed E-state index contributed by atoms with van der Waals surface area (Å²) in [5.41, 5.74) is 2.20. The van der Waals surface area contributed by atoms with Gasteiger partial charge in [-0.3, -0.25) is 14.9 Å². The highest BCUT2D eigenvalue weighted by Crippen LogP contribution is 2.25. The van der Waals surface area contributed by atoms with Crippen molar-refractivity contribution in [1.29, 1.82) is 0 Å². The molecule has 11 heteroatoms. The number of para-hydroxylation sites is 1. The standard InChI is InChI=1S/C22H22F3N3O3S2/c23-22(24,25)10-4-3-6-14-5-1-2-7-17(14)26-12-16-8-9-18(33-16)20(31)28-21-27-15(13-32-21)11-19(29)30/h1-2,5,7-9,13,26H,3-4,6,10-12H2,(H,29,30)(H,27,28,31). The van der Waals surface area contributed by atoms with Gasteiger partial charge < -0.3 is 10.4 Å². The van der Waals surface area contributed by atoms with Crippen molar-refractivity contribution in [3.8, 4) is 0 Å². The lowest BCUT2D eigenvalue weighted by Gasteiger charge is -2.12. The van der Waals surface area contributed by atoms with Gasteiger partial charge in [0.25, 0.3) is 5.91 Å². The summed E-state index contributed by atoms with van der Waals surface area (Å²) in [5.74, 6) is -1.32. The molecule has 3 N–H and O–H groups in total. The number of hydrogen-bond donors (Lipinski definition) is 3. The fraction of sp³-hybridized carbons (Fsp3) is 0.318. The van der Waals surface area contributed by atoms with E-state index in [1.807, 2.05) is 30.3 Å². The number of carbonyl (C=O) groups is 2. The molecule has 6 nitrogen and oxygen atoms in total. The van der Waals surface area contributed by atoms with E-state index >= 15 is 0 Å². The summed E-state index contributed by atoms with van der Waals surface area (Å²) in [6.45, 7) is 0.470. The third kappa shape index (κ3) is 8.17. The SMILES string of the molecule is O=C(O)Cc1csc(NC(=O)c2ccc(CNc3ccccc3CCCCC(F)(F)F)s2)n1. The third-order valence-corrected chi connectivity index (χ3v) is 6.51. The zero-order valence-corrected chi connectivity index (χ0v) is 19.1. The van der Waals surface area contributed by atoms with Crippen LogP contribution in [0.3, 0.4) is 0 Å². The Kier molecular flexibility index (Phi) is 8.45. The number of thiophene rings is 1. The zero-order valence-electron chi connectivity index (χ0n) is 17.4. The topological polar surface area (TPSA) is 91.3 Å². The van der Waals surface area contributed by atoms with Crippen LogP contribution in [0.5, 0.6) is 0 Å². The van der Waals surface area contributed by atoms with E-state index in [2.05, 4.69) is 15.6 Å². The molecule has 0 fully saturated rings. The van der Waals surface area contributed by atoms with Crippen molar-refractivity contribution in [2.45, 2.75) is 44.8 Å². The molecule has 33 heavy (non-hydrogen) atoms. The minimum absolute atomic E-state index is 0.0954. The van der Waals surface area contributed by atoms with Gasteiger partial charge in [0.05, 0.1) is 17.0 Å². The molecular weight excluding hydrogens is 475 g/mol. The first-order valence-corrected chi connectivity index (χ1v) is 11.8. The van der Waals surface area contributed by atoms with Gasteiger partial charge >= 0.3 is 12.1 Å². The number of aliphatic carboxylic acids is 1. The fourth-order valence-corrected chi connectivity index (χ4v) is 4.64. The van der Waals surface area contributed by atoms with Gasteiger partial charge in [-0.25, -0.2) is 4.98 Å². The number of carbonyl (C=O) groups excluding carboxylic acids is 1. The largest absolute Gasteiger partial charge is 0.481 e. The number of amides is 1. The highest BCUT2D eigenvalue weighted by atomic mass is 32.1. The number of aryl methyl sites for hydroxylation is 1. The summed E-state index contributed by atoms with van der Waals surface area (Å²) in [6.07, 6.45) is -4.00. The quantitative estimate of drug-likeness (QED) is 0.284. The van der Waals surface area contributed by atoms with E-state index in [1.54, 1.807) is 11.4 Å². The van der Waals surface area contributed by atoms with Crippen LogP contribution in [0.4, 0.5) is 24.0 Å². The van der Waals surface area contributed by atoms with Gasteiger partial charge in [0.1, 0.15) is 0 Å². The second kappa shape index (κ2) is 11.3. The summed E-state index contributed by atoms with van der Waals surface area (Å²) >= 11 is 2.47. The highest BCUT2D eigenvalue weighted by molar-refractivity contribution is 7.15. The normalized spacial score (nSPS) is 11.4. The number of carboxylic acids is 1. The molecular formula is C22H22F3N3O3S2. The van der Waals surface area contributed by atoms with Crippen molar-refractivity contribution in [3.63, 3.8) is 0 Å². The van der Waals surface area contributed by atoms with E-state index in [0.29, 0.717) is 35.1 Å². The number of aromatic nitrogens is 1. The van der Waals surface area contributed by atoms with E-state index in [-0.39, 0.29) is 18.7 Å². The van der Waals surface area contributed by atoms with Crippen molar-refractivity contribution >= 4 is 45.4 Å². The number of rotatable bonds is 11. The molecule has 0 aliphatic rings. The molecule has 1 amide bonds. The number of nitrogens with one attached hydrogen (secondary N) is 2. The fourth-order valence-electron chi connectivity index (χ4n) is 3.09. The van der Waals surface area contributed by atoms with Gasteiger partial charge in [-0.1, -0.05) is 18.2 Å². The van der Waals surface area contributed by atoms with Crippen molar-refractivity contribution in [3.05, 3.63) is 62.8 Å². The van der Waals surface area contributed by atoms with Crippen LogP contribution in [-0.2, 0) is 24.2 Å². The molecule has 0 unspecified atom stereocenters. The Morgan fingerprint density at radius 2 is 1.88 bits per heavy atom. The van der Waals surface area contributed by atoms with Gasteiger partial charge in [0.15, 0.2) is 5.13 Å². The van der Waals surface area contributed by atoms with Crippen LogP contribution >= 0.6 is 22.7 Å². The maximum absolute atomic E-state index is 12.5. The number of nitrogens with zero attached hydrogens (tertiary/aromatic N) is 1. The molecule has 0 saturated carbocycles. The molecule has 0 radical (unpaired) electrons. The predicted molar refractivity (Wildman–Crippen MR) is 123 cm³/mol. The second-order valence-corrected chi connectivity index (χ2v) is 9.29. The summed E-state index contributed by atoms with van der Waals surface area (Å²) < 4.78 is 37.0. The van der Waals surface area contributed by atoms with E-state index in [1.165, 1.54) is 11.3 Å². The number of halogens is 3. The predicted octanol–water partition coefficient (Wildman–Crippen LogP) is 5.97. The number of carboxylic acid groups (broad SMARTS) is 1. The molecule has 0 atom stereocenters. The maximum Gasteiger partial charge on any atom is 0.389 e. The number of thiazole rings is 1. The highest BCUT2D eigenvalue weighted by Gasteiger charge is 2.25. The summed E-state index contributed by atoms with van der Waals surface area (Å²) in [7, 11) is 0. The van der Waals surface area contributed by atoms with Crippen molar-refractivity contribution in [2.24, 2.45) is 0 Å². The Morgan fingerprint density at radius 3 is 2.64 bits per heavy atom. The molecule has 3 rings (SSSR count). The Morgan fingerprint density at radius 1 is 1.09 bits per heavy atom. The molecule has 0 aliphatic heterocycles. The van der Waals surface area contributed by atoms with E-state index in [9.17, 15) is 22.8 Å². The number of hydrogen-bond acceptors (Lipinski definition) is 6. The van der Waals surface area contributed by atoms with E-state index in [0.717, 1.165) is 27.5 Å². The zero-order chi connectivity index (χ0) is 23.8. The minimum Gasteiger partial charge on any atom is -0.481 e. The number of benzene rings is 1. The van der Waals surface area contributed by atoms with E-state index < -0.39 is 18.6 Å². The second-order valence-electron chi connectivity index (χ2n) is 7.27. The Balaban J connectivity index is 1.52. The number of anilines is 2. The molecule has 0 bridgehead atoms. The summed E-state index contributed by atoms with van der Waals surface area (Å²) in [6, 6.07) is 11.0. The average Bonchev–Trinajstić information content (AvgIpc) is 3.39. The molecule has 2 aromatic heterocycles. The lowest BCUT2D eigenvalue weighted by Crippen LogP contribution is -2.10. The van der Waals surface area contributed by atoms with Crippen LogP contribution in [0.2, 0.25) is 0 Å². The monoisotopic (exact) mass is 497 g/mol. The van der Waals surface area contributed by atoms with Gasteiger partial charge in [0.2, 0.25) is 0 Å². The Labute approximate surface area is 196 Å². The van der Waals surface area contributed by atoms with Crippen LogP contribution < -0.4 is 10.6 Å². The Hall–Kier alpha value is -2.92. The molecule has 0 aliphatic carbocycles. The molecule has 2 heterocycles. The van der Waals surface area contributed by atoms with Crippen molar-refractivity contribution in [1.82, 2.24) is 4.98 Å². The first-order valence-electron chi connectivity index (χ1n) is 10.1. The van der Waals surface area contributed by atoms with Gasteiger partial charge in [0, 0.05) is 28.9 Å². The number of unbranched alkanes of at least 4 members (excludes halogenated alkanes) is 1. The molecule has 1 aromatic carbocycles. The van der Waals surface area contributed by atoms with Crippen LogP contribution in [0.25, 0.3) is 0 Å². The first-order chi connectivity index (χ1) is 15.7. The minimum atomic E-state index is -4.12. The van der Waals surface area contributed by atoms with Gasteiger partial charge in [-0.15, -0.1) is 22.7 Å². The molecule has 176 valence electrons. The van der Waals surface area contributed by atoms with Crippen LogP contribution in [0.1, 0.15) is 45.1 Å². The van der Waals surface area contributed by atoms with Gasteiger partial charge in [-0.05, 0) is 43.0 Å². The lowest BCUT2D eigenvalue weighted by atomic mass is 10.0. The maximum atomic E-state index is 12.5. The molecule has 0 spiro atoms. The van der Waals surface area contributed by atoms with Crippen molar-refractivity contribution in [2.75, 3.05) is 10.6 Å². The van der Waals surface area contributed by atoms with Crippen LogP contribution in [-0.4, -0.2) is 28.1 Å². The Bertz CT molecular complexity index is 1100. The van der Waals surface area contributed by atoms with E-state index in [4.69, 9.17) is 5.11 Å². The molecule has 0 saturated heterocycles. The van der Waals surface area contributed by atoms with Crippen LogP contribution in [0, 0.1) is 0 Å². The molecule has 3 aromatic rings. The smallest absolute Gasteiger partial charge is 0.389 e. The van der Waals surface area contributed by atoms with Crippen molar-refractivity contribution < 1.29 is 27.9 Å².